The van der Waals surface area contributed by atoms with Gasteiger partial charge in [0.2, 0.25) is 5.91 Å². The zero-order chi connectivity index (χ0) is 23.2. The number of nitro groups is 1. The first kappa shape index (κ1) is 22.0. The molecule has 4 aromatic rings. The van der Waals surface area contributed by atoms with E-state index >= 15 is 0 Å². The fourth-order valence-electron chi connectivity index (χ4n) is 3.21. The van der Waals surface area contributed by atoms with Crippen molar-refractivity contribution in [3.8, 4) is 0 Å². The number of nitrogens with zero attached hydrogens (tertiary/aromatic N) is 1. The third kappa shape index (κ3) is 5.75. The molecule has 33 heavy (non-hydrogen) atoms. The topological polar surface area (TPSA) is 101 Å². The summed E-state index contributed by atoms with van der Waals surface area (Å²) >= 11 is 1.32. The highest BCUT2D eigenvalue weighted by Gasteiger charge is 2.10. The number of nitrogens with one attached hydrogen (secondary N) is 2. The van der Waals surface area contributed by atoms with Crippen molar-refractivity contribution >= 4 is 51.4 Å². The number of nitro benzene ring substituents is 1. The van der Waals surface area contributed by atoms with Gasteiger partial charge in [-0.05, 0) is 53.2 Å². The first-order valence-corrected chi connectivity index (χ1v) is 11.0. The van der Waals surface area contributed by atoms with Crippen LogP contribution in [0, 0.1) is 10.1 Å². The Morgan fingerprint density at radius 2 is 1.55 bits per heavy atom. The van der Waals surface area contributed by atoms with Crippen LogP contribution < -0.4 is 10.6 Å². The molecule has 0 aliphatic carbocycles. The summed E-state index contributed by atoms with van der Waals surface area (Å²) in [5, 5.41) is 18.4. The van der Waals surface area contributed by atoms with Crippen molar-refractivity contribution in [1.29, 1.82) is 0 Å². The molecule has 0 radical (unpaired) electrons. The molecule has 8 heteroatoms. The predicted octanol–water partition coefficient (Wildman–Crippen LogP) is 5.73. The van der Waals surface area contributed by atoms with Crippen molar-refractivity contribution in [2.24, 2.45) is 0 Å². The number of benzene rings is 4. The second-order valence-corrected chi connectivity index (χ2v) is 8.23. The monoisotopic (exact) mass is 457 g/mol. The Morgan fingerprint density at radius 1 is 0.788 bits per heavy atom. The van der Waals surface area contributed by atoms with Crippen molar-refractivity contribution in [3.63, 3.8) is 0 Å². The highest BCUT2D eigenvalue weighted by atomic mass is 32.2. The zero-order valence-corrected chi connectivity index (χ0v) is 18.2. The van der Waals surface area contributed by atoms with E-state index in [0.717, 1.165) is 15.7 Å². The number of anilines is 2. The molecule has 4 aromatic carbocycles. The number of non-ortho nitro benzene ring substituents is 1. The molecular formula is C25H19N3O4S. The van der Waals surface area contributed by atoms with Crippen LogP contribution in [0.2, 0.25) is 0 Å². The number of fused-ring (bicyclic) bond motifs is 1. The van der Waals surface area contributed by atoms with Gasteiger partial charge in [-0.1, -0.05) is 36.4 Å². The van der Waals surface area contributed by atoms with Crippen molar-refractivity contribution < 1.29 is 14.5 Å². The maximum Gasteiger partial charge on any atom is 0.269 e. The lowest BCUT2D eigenvalue weighted by Crippen LogP contribution is -2.14. The van der Waals surface area contributed by atoms with Crippen LogP contribution in [0.4, 0.5) is 17.1 Å². The number of amides is 2. The number of hydrogen-bond donors (Lipinski definition) is 2. The lowest BCUT2D eigenvalue weighted by atomic mass is 10.1. The van der Waals surface area contributed by atoms with Gasteiger partial charge in [-0.25, -0.2) is 0 Å². The SMILES string of the molecule is O=C(CSc1cccc(NC(=O)c2ccc3ccccc3c2)c1)Nc1ccc([N+](=O)[O-])cc1. The van der Waals surface area contributed by atoms with E-state index in [2.05, 4.69) is 10.6 Å². The molecule has 4 rings (SSSR count). The number of hydrogen-bond acceptors (Lipinski definition) is 5. The second-order valence-electron chi connectivity index (χ2n) is 7.18. The van der Waals surface area contributed by atoms with Gasteiger partial charge in [0.05, 0.1) is 10.7 Å². The molecule has 0 spiro atoms. The Hall–Kier alpha value is -4.17. The Morgan fingerprint density at radius 3 is 2.30 bits per heavy atom. The maximum absolute atomic E-state index is 12.7. The number of carbonyl (C=O) groups is 2. The van der Waals surface area contributed by atoms with Crippen molar-refractivity contribution in [1.82, 2.24) is 0 Å². The van der Waals surface area contributed by atoms with Crippen LogP contribution >= 0.6 is 11.8 Å². The van der Waals surface area contributed by atoms with E-state index in [9.17, 15) is 19.7 Å². The molecule has 0 unspecified atom stereocenters. The van der Waals surface area contributed by atoms with Gasteiger partial charge < -0.3 is 10.6 Å². The predicted molar refractivity (Wildman–Crippen MR) is 131 cm³/mol. The van der Waals surface area contributed by atoms with Crippen LogP contribution in [0.15, 0.2) is 95.9 Å². The van der Waals surface area contributed by atoms with E-state index in [-0.39, 0.29) is 23.3 Å². The molecule has 0 atom stereocenters. The van der Waals surface area contributed by atoms with E-state index in [1.807, 2.05) is 54.6 Å². The molecule has 7 nitrogen and oxygen atoms in total. The van der Waals surface area contributed by atoms with E-state index in [4.69, 9.17) is 0 Å². The highest BCUT2D eigenvalue weighted by Crippen LogP contribution is 2.23. The first-order chi connectivity index (χ1) is 16.0. The van der Waals surface area contributed by atoms with E-state index in [0.29, 0.717) is 16.9 Å². The summed E-state index contributed by atoms with van der Waals surface area (Å²) in [5.41, 5.74) is 1.65. The minimum Gasteiger partial charge on any atom is -0.325 e. The lowest BCUT2D eigenvalue weighted by Gasteiger charge is -2.09. The summed E-state index contributed by atoms with van der Waals surface area (Å²) in [6.07, 6.45) is 0. The van der Waals surface area contributed by atoms with Gasteiger partial charge in [-0.3, -0.25) is 19.7 Å². The molecule has 2 amide bonds. The van der Waals surface area contributed by atoms with Gasteiger partial charge in [0.1, 0.15) is 0 Å². The Kier molecular flexibility index (Phi) is 6.66. The third-order valence-corrected chi connectivity index (χ3v) is 5.83. The van der Waals surface area contributed by atoms with Crippen LogP contribution in [0.3, 0.4) is 0 Å². The minimum absolute atomic E-state index is 0.0371. The Bertz CT molecular complexity index is 1340. The molecule has 2 N–H and O–H groups in total. The third-order valence-electron chi connectivity index (χ3n) is 4.84. The normalized spacial score (nSPS) is 10.5. The summed E-state index contributed by atoms with van der Waals surface area (Å²) in [7, 11) is 0. The number of rotatable bonds is 7. The van der Waals surface area contributed by atoms with Gasteiger partial charge in [0, 0.05) is 34.0 Å². The Balaban J connectivity index is 1.34. The van der Waals surface area contributed by atoms with Crippen molar-refractivity contribution in [3.05, 3.63) is 107 Å². The van der Waals surface area contributed by atoms with E-state index < -0.39 is 4.92 Å². The van der Waals surface area contributed by atoms with Crippen LogP contribution in [-0.2, 0) is 4.79 Å². The molecule has 0 saturated carbocycles. The van der Waals surface area contributed by atoms with Crippen LogP contribution in [0.5, 0.6) is 0 Å². The summed E-state index contributed by atoms with van der Waals surface area (Å²) in [6, 6.07) is 26.3. The van der Waals surface area contributed by atoms with Crippen LogP contribution in [0.25, 0.3) is 10.8 Å². The molecule has 0 aliphatic heterocycles. The molecule has 0 aliphatic rings. The zero-order valence-electron chi connectivity index (χ0n) is 17.4. The molecule has 0 saturated heterocycles. The van der Waals surface area contributed by atoms with Gasteiger partial charge in [0.25, 0.3) is 11.6 Å². The number of carbonyl (C=O) groups excluding carboxylic acids is 2. The van der Waals surface area contributed by atoms with Gasteiger partial charge in [-0.2, -0.15) is 0 Å². The van der Waals surface area contributed by atoms with E-state index in [1.165, 1.54) is 36.0 Å². The summed E-state index contributed by atoms with van der Waals surface area (Å²) in [6.45, 7) is 0. The Labute approximate surface area is 194 Å². The molecule has 0 fully saturated rings. The second kappa shape index (κ2) is 9.97. The van der Waals surface area contributed by atoms with Crippen molar-refractivity contribution in [2.45, 2.75) is 4.90 Å². The van der Waals surface area contributed by atoms with E-state index in [1.54, 1.807) is 12.1 Å². The maximum atomic E-state index is 12.7. The minimum atomic E-state index is -0.493. The van der Waals surface area contributed by atoms with Crippen LogP contribution in [0.1, 0.15) is 10.4 Å². The van der Waals surface area contributed by atoms with Crippen LogP contribution in [-0.4, -0.2) is 22.5 Å². The van der Waals surface area contributed by atoms with Gasteiger partial charge in [0.15, 0.2) is 0 Å². The van der Waals surface area contributed by atoms with Crippen molar-refractivity contribution in [2.75, 3.05) is 16.4 Å². The quantitative estimate of drug-likeness (QED) is 0.210. The average Bonchev–Trinajstić information content (AvgIpc) is 2.83. The smallest absolute Gasteiger partial charge is 0.269 e. The molecule has 0 heterocycles. The fraction of sp³-hybridized carbons (Fsp3) is 0.0400. The summed E-state index contributed by atoms with van der Waals surface area (Å²) in [4.78, 5) is 35.9. The average molecular weight is 458 g/mol. The fourth-order valence-corrected chi connectivity index (χ4v) is 3.96. The molecule has 0 aromatic heterocycles. The first-order valence-electron chi connectivity index (χ1n) is 10.1. The largest absolute Gasteiger partial charge is 0.325 e. The molecule has 0 bridgehead atoms. The molecular weight excluding hydrogens is 438 g/mol. The summed E-state index contributed by atoms with van der Waals surface area (Å²) in [5.74, 6) is -0.294. The summed E-state index contributed by atoms with van der Waals surface area (Å²) < 4.78 is 0. The highest BCUT2D eigenvalue weighted by molar-refractivity contribution is 8.00. The lowest BCUT2D eigenvalue weighted by molar-refractivity contribution is -0.384. The molecule has 164 valence electrons. The standard InChI is InChI=1S/C25H19N3O4S/c29-24(26-20-10-12-22(13-11-20)28(31)32)16-33-23-7-3-6-21(15-23)27-25(30)19-9-8-17-4-1-2-5-18(17)14-19/h1-15H,16H2,(H,26,29)(H,27,30). The van der Waals surface area contributed by atoms with Gasteiger partial charge >= 0.3 is 0 Å². The van der Waals surface area contributed by atoms with Gasteiger partial charge in [-0.15, -0.1) is 11.8 Å². The number of thioether (sulfide) groups is 1.